The zero-order valence-corrected chi connectivity index (χ0v) is 9.32. The van der Waals surface area contributed by atoms with Crippen LogP contribution in [0.2, 0.25) is 0 Å². The number of carbonyl (C=O) groups is 1. The first-order chi connectivity index (χ1) is 5.95. The molecule has 0 amide bonds. The molecule has 6 heteroatoms. The van der Waals surface area contributed by atoms with Gasteiger partial charge in [0, 0.05) is 19.8 Å². The number of nitrogens with zero attached hydrogens (tertiary/aromatic N) is 1. The molecular weight excluding hydrogens is 208 g/mol. The van der Waals surface area contributed by atoms with Gasteiger partial charge >= 0.3 is 5.97 Å². The summed E-state index contributed by atoms with van der Waals surface area (Å²) in [4.78, 5) is 12.1. The summed E-state index contributed by atoms with van der Waals surface area (Å²) in [5.41, 5.74) is 5.31. The summed E-state index contributed by atoms with van der Waals surface area (Å²) < 4.78 is 0.748. The standard InChI is InChI=1S/C7H14N2O2S2/c1-9(2)7(12)13-4-3-5(8)6(10)11/h5H,3-4,8H2,1-2H3,(H,10,11)/t5-/m0/s1. The second-order valence-corrected chi connectivity index (χ2v) is 4.47. The van der Waals surface area contributed by atoms with E-state index in [9.17, 15) is 4.79 Å². The smallest absolute Gasteiger partial charge is 0.320 e. The van der Waals surface area contributed by atoms with Gasteiger partial charge in [0.05, 0.1) is 0 Å². The molecule has 76 valence electrons. The van der Waals surface area contributed by atoms with E-state index in [0.717, 1.165) is 4.32 Å². The molecule has 13 heavy (non-hydrogen) atoms. The van der Waals surface area contributed by atoms with Crippen molar-refractivity contribution in [2.24, 2.45) is 5.73 Å². The second-order valence-electron chi connectivity index (χ2n) is 2.74. The fourth-order valence-corrected chi connectivity index (χ4v) is 1.58. The first-order valence-electron chi connectivity index (χ1n) is 3.77. The maximum absolute atomic E-state index is 10.3. The summed E-state index contributed by atoms with van der Waals surface area (Å²) in [6, 6.07) is -0.780. The molecule has 0 bridgehead atoms. The van der Waals surface area contributed by atoms with E-state index in [4.69, 9.17) is 23.1 Å². The SMILES string of the molecule is CN(C)C(=S)SCC[C@H](N)C(=O)O. The van der Waals surface area contributed by atoms with Gasteiger partial charge in [-0.05, 0) is 6.42 Å². The van der Waals surface area contributed by atoms with Gasteiger partial charge in [-0.15, -0.1) is 0 Å². The van der Waals surface area contributed by atoms with Crippen molar-refractivity contribution in [1.82, 2.24) is 4.90 Å². The first kappa shape index (κ1) is 12.7. The summed E-state index contributed by atoms with van der Waals surface area (Å²) in [5, 5.41) is 8.48. The van der Waals surface area contributed by atoms with Crippen LogP contribution in [-0.2, 0) is 4.79 Å². The van der Waals surface area contributed by atoms with Crippen molar-refractivity contribution >= 4 is 34.3 Å². The fourth-order valence-electron chi connectivity index (χ4n) is 0.526. The molecule has 0 fully saturated rings. The van der Waals surface area contributed by atoms with Crippen LogP contribution in [0.5, 0.6) is 0 Å². The van der Waals surface area contributed by atoms with Gasteiger partial charge in [-0.2, -0.15) is 0 Å². The summed E-state index contributed by atoms with van der Waals surface area (Å²) in [7, 11) is 3.71. The Bertz CT molecular complexity index is 197. The van der Waals surface area contributed by atoms with Crippen LogP contribution in [0.4, 0.5) is 0 Å². The number of thiocarbonyl (C=S) groups is 1. The van der Waals surface area contributed by atoms with E-state index in [0.29, 0.717) is 12.2 Å². The van der Waals surface area contributed by atoms with E-state index >= 15 is 0 Å². The third-order valence-electron chi connectivity index (χ3n) is 1.34. The summed E-state index contributed by atoms with van der Waals surface area (Å²) >= 11 is 6.44. The summed E-state index contributed by atoms with van der Waals surface area (Å²) in [5.74, 6) is -0.318. The van der Waals surface area contributed by atoms with Crippen molar-refractivity contribution in [3.8, 4) is 0 Å². The molecule has 3 N–H and O–H groups in total. The minimum absolute atomic E-state index is 0.438. The zero-order chi connectivity index (χ0) is 10.4. The van der Waals surface area contributed by atoms with Crippen LogP contribution in [0.25, 0.3) is 0 Å². The lowest BCUT2D eigenvalue weighted by molar-refractivity contribution is -0.138. The van der Waals surface area contributed by atoms with E-state index in [2.05, 4.69) is 0 Å². The number of hydrogen-bond donors (Lipinski definition) is 2. The number of carboxylic acids is 1. The van der Waals surface area contributed by atoms with Crippen molar-refractivity contribution in [3.63, 3.8) is 0 Å². The van der Waals surface area contributed by atoms with Gasteiger partial charge in [0.1, 0.15) is 10.4 Å². The second kappa shape index (κ2) is 6.17. The molecule has 0 radical (unpaired) electrons. The molecule has 0 unspecified atom stereocenters. The molecule has 0 spiro atoms. The molecule has 4 nitrogen and oxygen atoms in total. The van der Waals surface area contributed by atoms with Gasteiger partial charge in [-0.3, -0.25) is 4.79 Å². The molecule has 0 rings (SSSR count). The van der Waals surface area contributed by atoms with Gasteiger partial charge in [0.25, 0.3) is 0 Å². The Kier molecular flexibility index (Phi) is 6.02. The topological polar surface area (TPSA) is 66.6 Å². The average molecular weight is 222 g/mol. The zero-order valence-electron chi connectivity index (χ0n) is 7.69. The van der Waals surface area contributed by atoms with Crippen LogP contribution in [0.15, 0.2) is 0 Å². The molecule has 0 aromatic rings. The molecule has 0 saturated heterocycles. The lowest BCUT2D eigenvalue weighted by Gasteiger charge is -2.13. The molecule has 0 aliphatic heterocycles. The minimum Gasteiger partial charge on any atom is -0.480 e. The molecule has 1 atom stereocenters. The van der Waals surface area contributed by atoms with Crippen molar-refractivity contribution in [2.75, 3.05) is 19.8 Å². The van der Waals surface area contributed by atoms with Gasteiger partial charge in [-0.25, -0.2) is 0 Å². The van der Waals surface area contributed by atoms with Gasteiger partial charge in [-0.1, -0.05) is 24.0 Å². The monoisotopic (exact) mass is 222 g/mol. The number of aliphatic carboxylic acids is 1. The predicted molar refractivity (Wildman–Crippen MR) is 59.0 cm³/mol. The molecule has 0 aromatic carbocycles. The number of rotatable bonds is 4. The normalized spacial score (nSPS) is 12.2. The maximum Gasteiger partial charge on any atom is 0.320 e. The van der Waals surface area contributed by atoms with Gasteiger partial charge < -0.3 is 15.7 Å². The Morgan fingerprint density at radius 1 is 1.69 bits per heavy atom. The lowest BCUT2D eigenvalue weighted by atomic mass is 10.2. The molecule has 0 heterocycles. The van der Waals surface area contributed by atoms with Crippen LogP contribution in [0, 0.1) is 0 Å². The number of carboxylic acid groups (broad SMARTS) is 1. The number of nitrogens with two attached hydrogens (primary N) is 1. The van der Waals surface area contributed by atoms with Crippen molar-refractivity contribution < 1.29 is 9.90 Å². The Balaban J connectivity index is 3.56. The molecule has 0 saturated carbocycles. The van der Waals surface area contributed by atoms with Crippen LogP contribution < -0.4 is 5.73 Å². The van der Waals surface area contributed by atoms with Crippen LogP contribution in [-0.4, -0.2) is 46.2 Å². The van der Waals surface area contributed by atoms with Crippen LogP contribution in [0.1, 0.15) is 6.42 Å². The quantitative estimate of drug-likeness (QED) is 0.670. The highest BCUT2D eigenvalue weighted by Gasteiger charge is 2.11. The number of thioether (sulfide) groups is 1. The molecule has 0 aromatic heterocycles. The lowest BCUT2D eigenvalue weighted by Crippen LogP contribution is -2.30. The van der Waals surface area contributed by atoms with E-state index in [-0.39, 0.29) is 0 Å². The molecule has 0 aliphatic rings. The largest absolute Gasteiger partial charge is 0.480 e. The average Bonchev–Trinajstić information content (AvgIpc) is 2.03. The number of hydrogen-bond acceptors (Lipinski definition) is 4. The predicted octanol–water partition coefficient (Wildman–Crippen LogP) is 0.368. The van der Waals surface area contributed by atoms with Crippen molar-refractivity contribution in [2.45, 2.75) is 12.5 Å². The minimum atomic E-state index is -0.962. The van der Waals surface area contributed by atoms with Crippen molar-refractivity contribution in [1.29, 1.82) is 0 Å². The van der Waals surface area contributed by atoms with Crippen molar-refractivity contribution in [3.05, 3.63) is 0 Å². The van der Waals surface area contributed by atoms with E-state index in [1.54, 1.807) is 0 Å². The third kappa shape index (κ3) is 5.84. The van der Waals surface area contributed by atoms with E-state index in [1.807, 2.05) is 19.0 Å². The highest BCUT2D eigenvalue weighted by Crippen LogP contribution is 2.08. The summed E-state index contributed by atoms with van der Waals surface area (Å²) in [6.45, 7) is 0. The molecular formula is C7H14N2O2S2. The third-order valence-corrected chi connectivity index (χ3v) is 3.11. The van der Waals surface area contributed by atoms with Gasteiger partial charge in [0.2, 0.25) is 0 Å². The highest BCUT2D eigenvalue weighted by molar-refractivity contribution is 8.22. The molecule has 0 aliphatic carbocycles. The van der Waals surface area contributed by atoms with Crippen LogP contribution in [0.3, 0.4) is 0 Å². The Morgan fingerprint density at radius 3 is 2.62 bits per heavy atom. The maximum atomic E-state index is 10.3. The summed E-state index contributed by atoms with van der Waals surface area (Å²) in [6.07, 6.45) is 0.438. The highest BCUT2D eigenvalue weighted by atomic mass is 32.2. The van der Waals surface area contributed by atoms with E-state index < -0.39 is 12.0 Å². The first-order valence-corrected chi connectivity index (χ1v) is 5.17. The fraction of sp³-hybridized carbons (Fsp3) is 0.714. The Hall–Kier alpha value is -0.330. The van der Waals surface area contributed by atoms with Crippen LogP contribution >= 0.6 is 24.0 Å². The Labute approximate surface area is 87.5 Å². The Morgan fingerprint density at radius 2 is 2.23 bits per heavy atom. The van der Waals surface area contributed by atoms with Gasteiger partial charge in [0.15, 0.2) is 0 Å². The van der Waals surface area contributed by atoms with E-state index in [1.165, 1.54) is 11.8 Å².